The fourth-order valence-electron chi connectivity index (χ4n) is 2.60. The van der Waals surface area contributed by atoms with Crippen molar-refractivity contribution < 1.29 is 14.0 Å². The maximum absolute atomic E-state index is 13.0. The second-order valence-corrected chi connectivity index (χ2v) is 5.10. The smallest absolute Gasteiger partial charge is 0.226 e. The van der Waals surface area contributed by atoms with Crippen molar-refractivity contribution in [2.45, 2.75) is 25.8 Å². The van der Waals surface area contributed by atoms with Gasteiger partial charge >= 0.3 is 0 Å². The molecule has 1 heterocycles. The predicted octanol–water partition coefficient (Wildman–Crippen LogP) is 1.87. The molecule has 1 aromatic carbocycles. The van der Waals surface area contributed by atoms with E-state index in [4.69, 9.17) is 0 Å². The average molecular weight is 278 g/mol. The molecule has 1 N–H and O–H groups in total. The third-order valence-electron chi connectivity index (χ3n) is 3.68. The van der Waals surface area contributed by atoms with Gasteiger partial charge in [0.05, 0.1) is 12.0 Å². The highest BCUT2D eigenvalue weighted by Gasteiger charge is 2.42. The molecule has 1 fully saturated rings. The molecule has 0 unspecified atom stereocenters. The molecular weight excluding hydrogens is 259 g/mol. The van der Waals surface area contributed by atoms with Crippen molar-refractivity contribution in [3.63, 3.8) is 0 Å². The minimum absolute atomic E-state index is 0.0593. The Labute approximate surface area is 118 Å². The molecule has 2 amide bonds. The van der Waals surface area contributed by atoms with E-state index >= 15 is 0 Å². The Morgan fingerprint density at radius 3 is 2.65 bits per heavy atom. The van der Waals surface area contributed by atoms with Gasteiger partial charge in [0.15, 0.2) is 0 Å². The SMILES string of the molecule is CCCNC(=O)[C@@H]1CC(=O)N(C)[C@@H]1c1ccc(F)cc1. The molecule has 1 aliphatic rings. The summed E-state index contributed by atoms with van der Waals surface area (Å²) in [6, 6.07) is 5.66. The molecule has 1 aromatic rings. The van der Waals surface area contributed by atoms with Gasteiger partial charge in [-0.15, -0.1) is 0 Å². The van der Waals surface area contributed by atoms with Crippen LogP contribution in [0, 0.1) is 11.7 Å². The Kier molecular flexibility index (Phi) is 4.37. The summed E-state index contributed by atoms with van der Waals surface area (Å²) in [4.78, 5) is 25.6. The van der Waals surface area contributed by atoms with Crippen LogP contribution in [-0.4, -0.2) is 30.3 Å². The number of halogens is 1. The van der Waals surface area contributed by atoms with Crippen LogP contribution < -0.4 is 5.32 Å². The van der Waals surface area contributed by atoms with E-state index in [0.29, 0.717) is 6.54 Å². The number of nitrogens with zero attached hydrogens (tertiary/aromatic N) is 1. The molecule has 0 spiro atoms. The van der Waals surface area contributed by atoms with Gasteiger partial charge in [-0.2, -0.15) is 0 Å². The number of hydrogen-bond donors (Lipinski definition) is 1. The van der Waals surface area contributed by atoms with Crippen molar-refractivity contribution in [2.75, 3.05) is 13.6 Å². The molecule has 1 aliphatic heterocycles. The fourth-order valence-corrected chi connectivity index (χ4v) is 2.60. The first kappa shape index (κ1) is 14.5. The van der Waals surface area contributed by atoms with Crippen LogP contribution in [0.4, 0.5) is 4.39 Å². The number of carbonyl (C=O) groups excluding carboxylic acids is 2. The van der Waals surface area contributed by atoms with Crippen molar-refractivity contribution in [3.8, 4) is 0 Å². The summed E-state index contributed by atoms with van der Waals surface area (Å²) >= 11 is 0. The number of amides is 2. The van der Waals surface area contributed by atoms with Gasteiger partial charge in [-0.1, -0.05) is 19.1 Å². The van der Waals surface area contributed by atoms with Crippen molar-refractivity contribution in [1.82, 2.24) is 10.2 Å². The molecule has 5 heteroatoms. The summed E-state index contributed by atoms with van der Waals surface area (Å²) < 4.78 is 13.0. The van der Waals surface area contributed by atoms with Gasteiger partial charge in [-0.3, -0.25) is 9.59 Å². The van der Waals surface area contributed by atoms with Gasteiger partial charge in [0, 0.05) is 20.0 Å². The highest BCUT2D eigenvalue weighted by molar-refractivity contribution is 5.90. The van der Waals surface area contributed by atoms with Crippen molar-refractivity contribution in [3.05, 3.63) is 35.6 Å². The van der Waals surface area contributed by atoms with Crippen molar-refractivity contribution >= 4 is 11.8 Å². The van der Waals surface area contributed by atoms with Crippen molar-refractivity contribution in [1.29, 1.82) is 0 Å². The largest absolute Gasteiger partial charge is 0.356 e. The molecule has 20 heavy (non-hydrogen) atoms. The first-order valence-corrected chi connectivity index (χ1v) is 6.83. The molecule has 108 valence electrons. The lowest BCUT2D eigenvalue weighted by atomic mass is 9.93. The molecule has 1 saturated heterocycles. The Morgan fingerprint density at radius 1 is 1.40 bits per heavy atom. The van der Waals surface area contributed by atoms with Crippen LogP contribution in [0.5, 0.6) is 0 Å². The van der Waals surface area contributed by atoms with E-state index in [1.165, 1.54) is 12.1 Å². The third kappa shape index (κ3) is 2.81. The standard InChI is InChI=1S/C15H19FN2O2/c1-3-8-17-15(20)12-9-13(19)18(2)14(12)10-4-6-11(16)7-5-10/h4-7,12,14H,3,8-9H2,1-2H3,(H,17,20)/t12-,14-/m1/s1. The van der Waals surface area contributed by atoms with Gasteiger partial charge in [-0.05, 0) is 24.1 Å². The topological polar surface area (TPSA) is 49.4 Å². The van der Waals surface area contributed by atoms with Crippen LogP contribution in [0.3, 0.4) is 0 Å². The first-order valence-electron chi connectivity index (χ1n) is 6.83. The third-order valence-corrected chi connectivity index (χ3v) is 3.68. The highest BCUT2D eigenvalue weighted by Crippen LogP contribution is 2.37. The fraction of sp³-hybridized carbons (Fsp3) is 0.467. The summed E-state index contributed by atoms with van der Waals surface area (Å²) in [5.41, 5.74) is 0.788. The molecule has 4 nitrogen and oxygen atoms in total. The lowest BCUT2D eigenvalue weighted by molar-refractivity contribution is -0.128. The zero-order chi connectivity index (χ0) is 14.7. The van der Waals surface area contributed by atoms with Crippen LogP contribution in [0.15, 0.2) is 24.3 Å². The summed E-state index contributed by atoms with van der Waals surface area (Å²) in [7, 11) is 1.68. The average Bonchev–Trinajstić information content (AvgIpc) is 2.73. The lowest BCUT2D eigenvalue weighted by Gasteiger charge is -2.24. The normalized spacial score (nSPS) is 22.1. The molecule has 2 atom stereocenters. The van der Waals surface area contributed by atoms with Gasteiger partial charge in [0.2, 0.25) is 11.8 Å². The van der Waals surface area contributed by atoms with E-state index in [2.05, 4.69) is 5.32 Å². The minimum Gasteiger partial charge on any atom is -0.356 e. The van der Waals surface area contributed by atoms with E-state index in [9.17, 15) is 14.0 Å². The predicted molar refractivity (Wildman–Crippen MR) is 73.3 cm³/mol. The molecule has 2 rings (SSSR count). The quantitative estimate of drug-likeness (QED) is 0.914. The number of carbonyl (C=O) groups is 2. The van der Waals surface area contributed by atoms with Crippen LogP contribution in [0.1, 0.15) is 31.4 Å². The van der Waals surface area contributed by atoms with Crippen LogP contribution in [0.25, 0.3) is 0 Å². The molecule has 0 aliphatic carbocycles. The molecule has 0 bridgehead atoms. The van der Waals surface area contributed by atoms with Gasteiger partial charge < -0.3 is 10.2 Å². The maximum atomic E-state index is 13.0. The Balaban J connectivity index is 2.24. The molecule has 0 aromatic heterocycles. The van der Waals surface area contributed by atoms with E-state index in [-0.39, 0.29) is 30.1 Å². The number of likely N-dealkylation sites (tertiary alicyclic amines) is 1. The lowest BCUT2D eigenvalue weighted by Crippen LogP contribution is -2.34. The van der Waals surface area contributed by atoms with E-state index in [1.54, 1.807) is 24.1 Å². The highest BCUT2D eigenvalue weighted by atomic mass is 19.1. The van der Waals surface area contributed by atoms with E-state index < -0.39 is 5.92 Å². The summed E-state index contributed by atoms with van der Waals surface area (Å²) in [6.07, 6.45) is 1.05. The molecular formula is C15H19FN2O2. The maximum Gasteiger partial charge on any atom is 0.226 e. The van der Waals surface area contributed by atoms with Crippen LogP contribution >= 0.6 is 0 Å². The zero-order valence-electron chi connectivity index (χ0n) is 11.7. The number of benzene rings is 1. The number of rotatable bonds is 4. The van der Waals surface area contributed by atoms with Crippen LogP contribution in [0.2, 0.25) is 0 Å². The number of nitrogens with one attached hydrogen (secondary N) is 1. The van der Waals surface area contributed by atoms with Crippen LogP contribution in [-0.2, 0) is 9.59 Å². The van der Waals surface area contributed by atoms with Crippen molar-refractivity contribution in [2.24, 2.45) is 5.92 Å². The Bertz CT molecular complexity index is 501. The first-order chi connectivity index (χ1) is 9.54. The molecule has 0 saturated carbocycles. The monoisotopic (exact) mass is 278 g/mol. The van der Waals surface area contributed by atoms with Gasteiger partial charge in [0.25, 0.3) is 0 Å². The zero-order valence-corrected chi connectivity index (χ0v) is 11.7. The Hall–Kier alpha value is -1.91. The summed E-state index contributed by atoms with van der Waals surface area (Å²) in [6.45, 7) is 2.58. The summed E-state index contributed by atoms with van der Waals surface area (Å²) in [5.74, 6) is -0.910. The number of hydrogen-bond acceptors (Lipinski definition) is 2. The summed E-state index contributed by atoms with van der Waals surface area (Å²) in [5, 5.41) is 2.83. The Morgan fingerprint density at radius 2 is 2.05 bits per heavy atom. The van der Waals surface area contributed by atoms with Gasteiger partial charge in [-0.25, -0.2) is 4.39 Å². The van der Waals surface area contributed by atoms with E-state index in [1.807, 2.05) is 6.92 Å². The van der Waals surface area contributed by atoms with Gasteiger partial charge in [0.1, 0.15) is 5.82 Å². The second kappa shape index (κ2) is 6.03. The minimum atomic E-state index is -0.412. The van der Waals surface area contributed by atoms with E-state index in [0.717, 1.165) is 12.0 Å². The second-order valence-electron chi connectivity index (χ2n) is 5.10. The molecule has 0 radical (unpaired) electrons.